The van der Waals surface area contributed by atoms with Gasteiger partial charge in [0.15, 0.2) is 0 Å². The van der Waals surface area contributed by atoms with Crippen molar-refractivity contribution in [3.8, 4) is 5.82 Å². The van der Waals surface area contributed by atoms with E-state index in [2.05, 4.69) is 132 Å². The summed E-state index contributed by atoms with van der Waals surface area (Å²) in [5.74, 6) is 2.13. The molecular weight excluding hydrogens is 512 g/mol. The van der Waals surface area contributed by atoms with Crippen molar-refractivity contribution >= 4 is 40.2 Å². The maximum Gasteiger partial charge on any atom is 0.267 e. The standard InChI is InChI=1S/C33H41N6S/c1-35(2)20-12-22-38(23-13-21-36(3)4)32-24-26(25-33-37(5)29-16-8-9-17-30(29)40-33)27-14-6-7-15-28(27)39(32)31-18-10-11-19-34-31/h6-11,14-19,24-25H,12-13,20-23H2,1-5H3/q+1. The van der Waals surface area contributed by atoms with Gasteiger partial charge in [0.2, 0.25) is 5.82 Å². The molecule has 7 heteroatoms. The predicted octanol–water partition coefficient (Wildman–Crippen LogP) is 5.76. The maximum absolute atomic E-state index is 4.82. The zero-order valence-corrected chi connectivity index (χ0v) is 25.2. The summed E-state index contributed by atoms with van der Waals surface area (Å²) >= 11 is 1.84. The highest BCUT2D eigenvalue weighted by molar-refractivity contribution is 8.03. The van der Waals surface area contributed by atoms with E-state index in [0.29, 0.717) is 0 Å². The molecular formula is C33H41N6S+. The van der Waals surface area contributed by atoms with Crippen LogP contribution in [-0.4, -0.2) is 76.2 Å². The lowest BCUT2D eigenvalue weighted by Gasteiger charge is -2.25. The van der Waals surface area contributed by atoms with Crippen molar-refractivity contribution in [1.29, 1.82) is 0 Å². The summed E-state index contributed by atoms with van der Waals surface area (Å²) in [6, 6.07) is 25.9. The van der Waals surface area contributed by atoms with Gasteiger partial charge in [0.1, 0.15) is 11.7 Å². The number of anilines is 2. The number of hydrogen-bond donors (Lipinski definition) is 0. The maximum atomic E-state index is 4.82. The minimum atomic E-state index is 0.942. The second-order valence-corrected chi connectivity index (χ2v) is 12.0. The van der Waals surface area contributed by atoms with Gasteiger partial charge >= 0.3 is 0 Å². The highest BCUT2D eigenvalue weighted by atomic mass is 32.2. The van der Waals surface area contributed by atoms with Gasteiger partial charge < -0.3 is 14.7 Å². The first-order valence-electron chi connectivity index (χ1n) is 14.1. The minimum absolute atomic E-state index is 0.942. The van der Waals surface area contributed by atoms with Crippen molar-refractivity contribution < 1.29 is 4.57 Å². The van der Waals surface area contributed by atoms with Crippen LogP contribution in [0, 0.1) is 0 Å². The molecule has 40 heavy (non-hydrogen) atoms. The van der Waals surface area contributed by atoms with Gasteiger partial charge in [-0.2, -0.15) is 4.57 Å². The molecule has 0 fully saturated rings. The van der Waals surface area contributed by atoms with Gasteiger partial charge in [0.25, 0.3) is 5.82 Å². The Bertz CT molecular complexity index is 1450. The zero-order chi connectivity index (χ0) is 28.1. The molecule has 4 aromatic rings. The fourth-order valence-corrected chi connectivity index (χ4v) is 6.38. The predicted molar refractivity (Wildman–Crippen MR) is 171 cm³/mol. The fraction of sp³-hybridized carbons (Fsp3) is 0.333. The molecule has 2 aromatic heterocycles. The summed E-state index contributed by atoms with van der Waals surface area (Å²) < 4.78 is 2.35. The van der Waals surface area contributed by atoms with Crippen molar-refractivity contribution in [3.05, 3.63) is 89.6 Å². The van der Waals surface area contributed by atoms with Gasteiger partial charge in [-0.1, -0.05) is 48.2 Å². The van der Waals surface area contributed by atoms with Crippen LogP contribution in [0.3, 0.4) is 0 Å². The molecule has 0 bridgehead atoms. The van der Waals surface area contributed by atoms with Crippen molar-refractivity contribution in [2.24, 2.45) is 0 Å². The quantitative estimate of drug-likeness (QED) is 0.219. The van der Waals surface area contributed by atoms with E-state index in [1.807, 2.05) is 24.0 Å². The Hall–Kier alpha value is -3.39. The minimum Gasteiger partial charge on any atom is -0.338 e. The molecule has 0 spiro atoms. The number of nitrogens with zero attached hydrogens (tertiary/aromatic N) is 6. The van der Waals surface area contributed by atoms with E-state index >= 15 is 0 Å². The smallest absolute Gasteiger partial charge is 0.267 e. The van der Waals surface area contributed by atoms with E-state index in [1.54, 1.807) is 0 Å². The largest absolute Gasteiger partial charge is 0.338 e. The van der Waals surface area contributed by atoms with Crippen molar-refractivity contribution in [2.75, 3.05) is 71.2 Å². The molecule has 0 saturated carbocycles. The Balaban J connectivity index is 1.66. The van der Waals surface area contributed by atoms with Crippen LogP contribution in [0.1, 0.15) is 18.4 Å². The Morgan fingerprint density at radius 3 is 2.17 bits per heavy atom. The van der Waals surface area contributed by atoms with Crippen LogP contribution in [0.15, 0.2) is 88.9 Å². The third-order valence-corrected chi connectivity index (χ3v) is 8.46. The molecule has 3 heterocycles. The first-order chi connectivity index (χ1) is 19.4. The van der Waals surface area contributed by atoms with E-state index < -0.39 is 0 Å². The van der Waals surface area contributed by atoms with Gasteiger partial charge in [-0.15, -0.1) is 4.98 Å². The summed E-state index contributed by atoms with van der Waals surface area (Å²) in [7, 11) is 10.8. The summed E-state index contributed by atoms with van der Waals surface area (Å²) in [6.07, 6.45) is 6.43. The van der Waals surface area contributed by atoms with E-state index in [9.17, 15) is 0 Å². The van der Waals surface area contributed by atoms with Crippen LogP contribution >= 0.6 is 11.8 Å². The molecule has 0 saturated heterocycles. The first kappa shape index (κ1) is 28.1. The average Bonchev–Trinajstić information content (AvgIpc) is 3.27. The fourth-order valence-electron chi connectivity index (χ4n) is 5.27. The highest BCUT2D eigenvalue weighted by Gasteiger charge is 2.26. The van der Waals surface area contributed by atoms with Crippen LogP contribution in [-0.2, 0) is 0 Å². The Kier molecular flexibility index (Phi) is 9.04. The zero-order valence-electron chi connectivity index (χ0n) is 24.4. The molecule has 0 unspecified atom stereocenters. The molecule has 0 N–H and O–H groups in total. The van der Waals surface area contributed by atoms with Gasteiger partial charge in [0.05, 0.1) is 23.8 Å². The van der Waals surface area contributed by atoms with E-state index in [0.717, 1.165) is 44.8 Å². The van der Waals surface area contributed by atoms with Crippen LogP contribution in [0.4, 0.5) is 11.5 Å². The number of pyridine rings is 2. The van der Waals surface area contributed by atoms with Gasteiger partial charge in [-0.3, -0.25) is 4.90 Å². The third-order valence-electron chi connectivity index (χ3n) is 7.29. The number of aromatic nitrogens is 2. The molecule has 0 radical (unpaired) electrons. The SMILES string of the molecule is CN(C)CCCN(CCCN(C)C)c1cc(C=C2Sc3ccccc3N2C)c2ccccc2[n+]1-c1ccccn1. The molecule has 6 nitrogen and oxygen atoms in total. The van der Waals surface area contributed by atoms with Crippen molar-refractivity contribution in [1.82, 2.24) is 14.8 Å². The van der Waals surface area contributed by atoms with Crippen molar-refractivity contribution in [2.45, 2.75) is 17.7 Å². The molecule has 0 aliphatic carbocycles. The summed E-state index contributed by atoms with van der Waals surface area (Å²) in [5, 5.41) is 2.45. The lowest BCUT2D eigenvalue weighted by atomic mass is 10.1. The third kappa shape index (κ3) is 6.33. The van der Waals surface area contributed by atoms with Crippen LogP contribution in [0.2, 0.25) is 0 Å². The van der Waals surface area contributed by atoms with Gasteiger partial charge in [-0.05, 0) is 76.9 Å². The summed E-state index contributed by atoms with van der Waals surface area (Å²) in [5.41, 5.74) is 3.65. The van der Waals surface area contributed by atoms with Gasteiger partial charge in [-0.25, -0.2) is 0 Å². The molecule has 2 aromatic carbocycles. The number of benzene rings is 2. The van der Waals surface area contributed by atoms with Crippen LogP contribution in [0.5, 0.6) is 0 Å². The molecule has 208 valence electrons. The Morgan fingerprint density at radius 1 is 0.825 bits per heavy atom. The number of fused-ring (bicyclic) bond motifs is 2. The van der Waals surface area contributed by atoms with E-state index in [1.165, 1.54) is 37.9 Å². The summed E-state index contributed by atoms with van der Waals surface area (Å²) in [6.45, 7) is 4.07. The first-order valence-corrected chi connectivity index (χ1v) is 14.9. The highest BCUT2D eigenvalue weighted by Crippen LogP contribution is 2.45. The second-order valence-electron chi connectivity index (χ2n) is 10.9. The Labute approximate surface area is 243 Å². The molecule has 0 atom stereocenters. The number of thioether (sulfide) groups is 1. The molecule has 1 aliphatic rings. The normalized spacial score (nSPS) is 14.1. The van der Waals surface area contributed by atoms with Crippen molar-refractivity contribution in [3.63, 3.8) is 0 Å². The molecule has 1 aliphatic heterocycles. The van der Waals surface area contributed by atoms with E-state index in [4.69, 9.17) is 4.98 Å². The Morgan fingerprint density at radius 2 is 1.50 bits per heavy atom. The summed E-state index contributed by atoms with van der Waals surface area (Å²) in [4.78, 5) is 15.5. The molecule has 5 rings (SSSR count). The lowest BCUT2D eigenvalue weighted by Crippen LogP contribution is -2.43. The molecule has 0 amide bonds. The lowest BCUT2D eigenvalue weighted by molar-refractivity contribution is -0.558. The average molecular weight is 554 g/mol. The topological polar surface area (TPSA) is 29.7 Å². The van der Waals surface area contributed by atoms with Gasteiger partial charge in [0, 0.05) is 42.6 Å². The monoisotopic (exact) mass is 553 g/mol. The van der Waals surface area contributed by atoms with Crippen LogP contribution < -0.4 is 14.4 Å². The second kappa shape index (κ2) is 12.9. The van der Waals surface area contributed by atoms with E-state index in [-0.39, 0.29) is 0 Å². The number of hydrogen-bond acceptors (Lipinski definition) is 6. The number of rotatable bonds is 11. The van der Waals surface area contributed by atoms with Crippen LogP contribution in [0.25, 0.3) is 22.8 Å². The number of para-hydroxylation sites is 2.